The molecule has 25 heavy (non-hydrogen) atoms. The molecule has 0 bridgehead atoms. The van der Waals surface area contributed by atoms with Gasteiger partial charge in [-0.25, -0.2) is 9.67 Å². The normalized spacial score (nSPS) is 17.6. The van der Waals surface area contributed by atoms with Crippen LogP contribution in [0, 0.1) is 5.92 Å². The van der Waals surface area contributed by atoms with Crippen LogP contribution in [0.25, 0.3) is 21.9 Å². The smallest absolute Gasteiger partial charge is 0.254 e. The van der Waals surface area contributed by atoms with Crippen molar-refractivity contribution < 1.29 is 9.53 Å². The summed E-state index contributed by atoms with van der Waals surface area (Å²) in [5.41, 5.74) is 1.73. The second-order valence-electron chi connectivity index (χ2n) is 6.97. The molecule has 6 nitrogen and oxygen atoms in total. The lowest BCUT2D eigenvalue weighted by Gasteiger charge is -2.08. The van der Waals surface area contributed by atoms with Crippen molar-refractivity contribution in [2.75, 3.05) is 11.9 Å². The average molecular weight is 338 g/mol. The molecule has 1 fully saturated rings. The highest BCUT2D eigenvalue weighted by molar-refractivity contribution is 6.03. The van der Waals surface area contributed by atoms with Gasteiger partial charge >= 0.3 is 0 Å². The molecule has 130 valence electrons. The molecule has 1 aliphatic heterocycles. The number of hydrogen-bond acceptors (Lipinski definition) is 4. The third-order valence-corrected chi connectivity index (χ3v) is 4.43. The van der Waals surface area contributed by atoms with E-state index in [1.165, 1.54) is 0 Å². The lowest BCUT2D eigenvalue weighted by Crippen LogP contribution is -2.27. The minimum absolute atomic E-state index is 0.123. The summed E-state index contributed by atoms with van der Waals surface area (Å²) in [5.74, 6) is 0.870. The van der Waals surface area contributed by atoms with Crippen molar-refractivity contribution in [3.63, 3.8) is 0 Å². The Kier molecular flexibility index (Phi) is 4.13. The van der Waals surface area contributed by atoms with Crippen molar-refractivity contribution in [2.24, 2.45) is 5.92 Å². The number of aromatic nitrogens is 3. The van der Waals surface area contributed by atoms with Gasteiger partial charge in [-0.2, -0.15) is 5.10 Å². The van der Waals surface area contributed by atoms with Crippen LogP contribution in [0.1, 0.15) is 26.7 Å². The average Bonchev–Trinajstić information content (AvgIpc) is 3.22. The van der Waals surface area contributed by atoms with Crippen LogP contribution in [-0.2, 0) is 16.1 Å². The SMILES string of the molecule is CC(C)Cn1nc(NC(=O)[C@@H]2CCCO2)c2cc3ccccc3nc21. The van der Waals surface area contributed by atoms with Crippen molar-refractivity contribution in [1.82, 2.24) is 14.8 Å². The van der Waals surface area contributed by atoms with Crippen molar-refractivity contribution in [2.45, 2.75) is 39.3 Å². The van der Waals surface area contributed by atoms with Crippen LogP contribution in [0.2, 0.25) is 0 Å². The molecule has 4 rings (SSSR count). The minimum atomic E-state index is -0.376. The van der Waals surface area contributed by atoms with Crippen molar-refractivity contribution in [1.29, 1.82) is 0 Å². The van der Waals surface area contributed by atoms with Gasteiger partial charge in [0.05, 0.1) is 10.9 Å². The molecule has 3 aromatic rings. The maximum atomic E-state index is 12.4. The number of carbonyl (C=O) groups excluding carboxylic acids is 1. The standard InChI is InChI=1S/C19H22N4O2/c1-12(2)11-23-18-14(10-13-6-3-4-7-15(13)20-18)17(22-23)21-19(24)16-8-5-9-25-16/h3-4,6-7,10,12,16H,5,8-9,11H2,1-2H3,(H,21,22,24)/t16-/m0/s1. The first-order valence-corrected chi connectivity index (χ1v) is 8.80. The van der Waals surface area contributed by atoms with Crippen molar-refractivity contribution >= 4 is 33.7 Å². The number of amides is 1. The van der Waals surface area contributed by atoms with Crippen LogP contribution >= 0.6 is 0 Å². The maximum absolute atomic E-state index is 12.4. The van der Waals surface area contributed by atoms with Gasteiger partial charge in [-0.3, -0.25) is 4.79 Å². The molecule has 1 N–H and O–H groups in total. The monoisotopic (exact) mass is 338 g/mol. The zero-order valence-electron chi connectivity index (χ0n) is 14.5. The Hall–Kier alpha value is -2.47. The molecule has 6 heteroatoms. The fourth-order valence-corrected chi connectivity index (χ4v) is 3.25. The quantitative estimate of drug-likeness (QED) is 0.792. The molecule has 3 heterocycles. The van der Waals surface area contributed by atoms with E-state index in [4.69, 9.17) is 9.72 Å². The molecule has 1 saturated heterocycles. The Bertz CT molecular complexity index is 926. The number of nitrogens with one attached hydrogen (secondary N) is 1. The number of fused-ring (bicyclic) bond motifs is 2. The molecule has 0 saturated carbocycles. The van der Waals surface area contributed by atoms with Crippen LogP contribution in [0.15, 0.2) is 30.3 Å². The number of para-hydroxylation sites is 1. The lowest BCUT2D eigenvalue weighted by molar-refractivity contribution is -0.124. The minimum Gasteiger partial charge on any atom is -0.368 e. The summed E-state index contributed by atoms with van der Waals surface area (Å²) in [6.45, 7) is 5.67. The third kappa shape index (κ3) is 3.09. The zero-order valence-corrected chi connectivity index (χ0v) is 14.5. The number of hydrogen-bond donors (Lipinski definition) is 1. The van der Waals surface area contributed by atoms with Crippen LogP contribution in [0.5, 0.6) is 0 Å². The van der Waals surface area contributed by atoms with Crippen LogP contribution in [0.3, 0.4) is 0 Å². The van der Waals surface area contributed by atoms with Gasteiger partial charge in [0.15, 0.2) is 11.5 Å². The van der Waals surface area contributed by atoms with E-state index >= 15 is 0 Å². The van der Waals surface area contributed by atoms with Gasteiger partial charge in [0.2, 0.25) is 0 Å². The van der Waals surface area contributed by atoms with Crippen molar-refractivity contribution in [3.05, 3.63) is 30.3 Å². The summed E-state index contributed by atoms with van der Waals surface area (Å²) in [7, 11) is 0. The van der Waals surface area contributed by atoms with Gasteiger partial charge in [-0.1, -0.05) is 32.0 Å². The summed E-state index contributed by atoms with van der Waals surface area (Å²) in [6, 6.07) is 10.0. The summed E-state index contributed by atoms with van der Waals surface area (Å²) in [5, 5.41) is 9.48. The van der Waals surface area contributed by atoms with Gasteiger partial charge in [0, 0.05) is 18.5 Å². The number of pyridine rings is 1. The highest BCUT2D eigenvalue weighted by Gasteiger charge is 2.25. The first-order valence-electron chi connectivity index (χ1n) is 8.80. The van der Waals surface area contributed by atoms with E-state index in [1.807, 2.05) is 35.0 Å². The maximum Gasteiger partial charge on any atom is 0.254 e. The molecular formula is C19H22N4O2. The van der Waals surface area contributed by atoms with E-state index in [9.17, 15) is 4.79 Å². The van der Waals surface area contributed by atoms with Crippen LogP contribution < -0.4 is 5.32 Å². The largest absolute Gasteiger partial charge is 0.368 e. The summed E-state index contributed by atoms with van der Waals surface area (Å²) >= 11 is 0. The Labute approximate surface area is 146 Å². The van der Waals surface area contributed by atoms with E-state index in [2.05, 4.69) is 24.3 Å². The number of benzene rings is 1. The number of anilines is 1. The molecule has 2 aromatic heterocycles. The van der Waals surface area contributed by atoms with Gasteiger partial charge < -0.3 is 10.1 Å². The zero-order chi connectivity index (χ0) is 17.4. The predicted octanol–water partition coefficient (Wildman–Crippen LogP) is 3.36. The van der Waals surface area contributed by atoms with Crippen LogP contribution in [0.4, 0.5) is 5.82 Å². The number of nitrogens with zero attached hydrogens (tertiary/aromatic N) is 3. The molecule has 1 aliphatic rings. The second kappa shape index (κ2) is 6.44. The first kappa shape index (κ1) is 16.0. The third-order valence-electron chi connectivity index (χ3n) is 4.43. The van der Waals surface area contributed by atoms with E-state index < -0.39 is 0 Å². The molecule has 0 radical (unpaired) electrons. The molecule has 1 amide bonds. The van der Waals surface area contributed by atoms with E-state index in [1.54, 1.807) is 0 Å². The van der Waals surface area contributed by atoms with Crippen LogP contribution in [-0.4, -0.2) is 33.4 Å². The second-order valence-corrected chi connectivity index (χ2v) is 6.97. The predicted molar refractivity (Wildman–Crippen MR) is 97.5 cm³/mol. The number of carbonyl (C=O) groups is 1. The Morgan fingerprint density at radius 2 is 2.24 bits per heavy atom. The van der Waals surface area contributed by atoms with E-state index in [0.29, 0.717) is 18.3 Å². The number of ether oxygens (including phenoxy) is 1. The van der Waals surface area contributed by atoms with Crippen molar-refractivity contribution in [3.8, 4) is 0 Å². The highest BCUT2D eigenvalue weighted by atomic mass is 16.5. The summed E-state index contributed by atoms with van der Waals surface area (Å²) in [4.78, 5) is 17.2. The molecule has 0 aliphatic carbocycles. The first-order chi connectivity index (χ1) is 12.1. The van der Waals surface area contributed by atoms with Gasteiger partial charge in [-0.05, 0) is 30.9 Å². The number of rotatable bonds is 4. The Balaban J connectivity index is 1.78. The summed E-state index contributed by atoms with van der Waals surface area (Å²) < 4.78 is 7.36. The molecule has 1 atom stereocenters. The fourth-order valence-electron chi connectivity index (χ4n) is 3.25. The Morgan fingerprint density at radius 1 is 1.40 bits per heavy atom. The van der Waals surface area contributed by atoms with Gasteiger partial charge in [0.25, 0.3) is 5.91 Å². The molecule has 1 aromatic carbocycles. The van der Waals surface area contributed by atoms with E-state index in [0.717, 1.165) is 41.3 Å². The highest BCUT2D eigenvalue weighted by Crippen LogP contribution is 2.27. The fraction of sp³-hybridized carbons (Fsp3) is 0.421. The van der Waals surface area contributed by atoms with Gasteiger partial charge in [-0.15, -0.1) is 0 Å². The molecular weight excluding hydrogens is 316 g/mol. The summed E-state index contributed by atoms with van der Waals surface area (Å²) in [6.07, 6.45) is 1.31. The Morgan fingerprint density at radius 3 is 3.00 bits per heavy atom. The van der Waals surface area contributed by atoms with E-state index in [-0.39, 0.29) is 12.0 Å². The topological polar surface area (TPSA) is 69.0 Å². The molecule has 0 unspecified atom stereocenters. The lowest BCUT2D eigenvalue weighted by atomic mass is 10.2. The molecule has 0 spiro atoms. The van der Waals surface area contributed by atoms with Gasteiger partial charge in [0.1, 0.15) is 6.10 Å².